The van der Waals surface area contributed by atoms with Gasteiger partial charge in [0, 0.05) is 34.1 Å². The predicted molar refractivity (Wildman–Crippen MR) is 264 cm³/mol. The Bertz CT molecular complexity index is 2510. The Morgan fingerprint density at radius 3 is 0.790 bits per heavy atom. The van der Waals surface area contributed by atoms with Crippen molar-refractivity contribution in [3.05, 3.63) is 228 Å². The first-order valence-electron chi connectivity index (χ1n) is 21.4. The van der Waals surface area contributed by atoms with Crippen LogP contribution in [0.4, 0.5) is 34.1 Å². The van der Waals surface area contributed by atoms with Crippen molar-refractivity contribution in [3.63, 3.8) is 0 Å². The standard InChI is InChI=1S/C58H52N2O2/c1-5-61-57-39-19-47(20-40-57)13-11-45-15-31-53(32-16-45)59(51-27-7-43(3)8-28-51)55-35-23-49(24-36-55)50-25-37-56(38-26-50)60(52-29-9-44(4)10-30-52)54-33-17-46(18-34-54)12-14-48-21-41-58(42-22-48)62-6-2/h7-42H,5-6H2,1-4H3. The molecule has 0 aromatic heterocycles. The molecule has 0 amide bonds. The number of rotatable bonds is 15. The van der Waals surface area contributed by atoms with Crippen LogP contribution in [0.1, 0.15) is 47.2 Å². The minimum absolute atomic E-state index is 0.664. The van der Waals surface area contributed by atoms with Gasteiger partial charge >= 0.3 is 0 Å². The summed E-state index contributed by atoms with van der Waals surface area (Å²) in [7, 11) is 0. The van der Waals surface area contributed by atoms with E-state index in [1.165, 1.54) is 11.1 Å². The number of hydrogen-bond donors (Lipinski definition) is 0. The van der Waals surface area contributed by atoms with Crippen LogP contribution in [0.15, 0.2) is 194 Å². The summed E-state index contributed by atoms with van der Waals surface area (Å²) in [5.74, 6) is 1.78. The van der Waals surface area contributed by atoms with Crippen LogP contribution in [0.25, 0.3) is 35.4 Å². The van der Waals surface area contributed by atoms with E-state index in [1.807, 2.05) is 38.1 Å². The quantitative estimate of drug-likeness (QED) is 0.0963. The molecule has 0 radical (unpaired) electrons. The number of anilines is 6. The molecule has 0 bridgehead atoms. The number of nitrogens with zero attached hydrogens (tertiary/aromatic N) is 2. The molecule has 0 heterocycles. The van der Waals surface area contributed by atoms with Gasteiger partial charge in [-0.3, -0.25) is 0 Å². The van der Waals surface area contributed by atoms with E-state index < -0.39 is 0 Å². The van der Waals surface area contributed by atoms with Gasteiger partial charge in [-0.1, -0.05) is 132 Å². The SMILES string of the molecule is CCOc1ccc(C=Cc2ccc(N(c3ccc(C)cc3)c3ccc(-c4ccc(N(c5ccc(C)cc5)c5ccc(C=Cc6ccc(OCC)cc6)cc5)cc4)cc3)cc2)cc1. The van der Waals surface area contributed by atoms with Crippen LogP contribution in [0.5, 0.6) is 11.5 Å². The van der Waals surface area contributed by atoms with Crippen LogP contribution in [0.3, 0.4) is 0 Å². The molecule has 0 aliphatic carbocycles. The predicted octanol–water partition coefficient (Wildman–Crippen LogP) is 16.0. The molecule has 8 rings (SSSR count). The van der Waals surface area contributed by atoms with Crippen LogP contribution in [-0.2, 0) is 0 Å². The lowest BCUT2D eigenvalue weighted by Crippen LogP contribution is -2.10. The smallest absolute Gasteiger partial charge is 0.119 e. The minimum Gasteiger partial charge on any atom is -0.494 e. The van der Waals surface area contributed by atoms with Crippen LogP contribution in [-0.4, -0.2) is 13.2 Å². The Labute approximate surface area is 367 Å². The third-order valence-corrected chi connectivity index (χ3v) is 10.8. The van der Waals surface area contributed by atoms with Crippen LogP contribution in [0, 0.1) is 13.8 Å². The Morgan fingerprint density at radius 1 is 0.306 bits per heavy atom. The van der Waals surface area contributed by atoms with Gasteiger partial charge in [0.15, 0.2) is 0 Å². The van der Waals surface area contributed by atoms with Crippen molar-refractivity contribution >= 4 is 58.4 Å². The van der Waals surface area contributed by atoms with Crippen LogP contribution >= 0.6 is 0 Å². The number of hydrogen-bond acceptors (Lipinski definition) is 4. The maximum atomic E-state index is 5.60. The molecule has 306 valence electrons. The van der Waals surface area contributed by atoms with E-state index in [9.17, 15) is 0 Å². The van der Waals surface area contributed by atoms with Gasteiger partial charge in [-0.15, -0.1) is 0 Å². The zero-order valence-corrected chi connectivity index (χ0v) is 35.9. The van der Waals surface area contributed by atoms with Crippen molar-refractivity contribution in [2.24, 2.45) is 0 Å². The summed E-state index contributed by atoms with van der Waals surface area (Å²) in [6.07, 6.45) is 8.57. The monoisotopic (exact) mass is 808 g/mol. The molecule has 4 nitrogen and oxygen atoms in total. The second kappa shape index (κ2) is 19.7. The van der Waals surface area contributed by atoms with Gasteiger partial charge in [0.25, 0.3) is 0 Å². The maximum Gasteiger partial charge on any atom is 0.119 e. The first-order chi connectivity index (χ1) is 30.4. The highest BCUT2D eigenvalue weighted by Crippen LogP contribution is 2.38. The van der Waals surface area contributed by atoms with E-state index in [1.54, 1.807) is 0 Å². The maximum absolute atomic E-state index is 5.60. The fraction of sp³-hybridized carbons (Fsp3) is 0.103. The van der Waals surface area contributed by atoms with E-state index >= 15 is 0 Å². The lowest BCUT2D eigenvalue weighted by molar-refractivity contribution is 0.340. The summed E-state index contributed by atoms with van der Waals surface area (Å²) in [5, 5.41) is 0. The van der Waals surface area contributed by atoms with Gasteiger partial charge in [0.1, 0.15) is 11.5 Å². The lowest BCUT2D eigenvalue weighted by Gasteiger charge is -2.26. The second-order valence-electron chi connectivity index (χ2n) is 15.3. The molecule has 0 fully saturated rings. The zero-order chi connectivity index (χ0) is 42.7. The normalized spacial score (nSPS) is 11.2. The molecule has 4 heteroatoms. The minimum atomic E-state index is 0.664. The van der Waals surface area contributed by atoms with Gasteiger partial charge in [0.2, 0.25) is 0 Å². The molecule has 0 saturated carbocycles. The molecule has 8 aromatic rings. The molecule has 0 unspecified atom stereocenters. The largest absolute Gasteiger partial charge is 0.494 e. The lowest BCUT2D eigenvalue weighted by atomic mass is 10.0. The molecule has 0 spiro atoms. The summed E-state index contributed by atoms with van der Waals surface area (Å²) in [6.45, 7) is 9.58. The van der Waals surface area contributed by atoms with Crippen molar-refractivity contribution in [3.8, 4) is 22.6 Å². The highest BCUT2D eigenvalue weighted by Gasteiger charge is 2.15. The van der Waals surface area contributed by atoms with E-state index in [0.717, 1.165) is 79.0 Å². The van der Waals surface area contributed by atoms with Gasteiger partial charge in [-0.05, 0) is 158 Å². The summed E-state index contributed by atoms with van der Waals surface area (Å²) in [6, 6.07) is 69.0. The fourth-order valence-corrected chi connectivity index (χ4v) is 7.43. The van der Waals surface area contributed by atoms with E-state index in [2.05, 4.69) is 218 Å². The Hall–Kier alpha value is -7.56. The molecule has 0 saturated heterocycles. The summed E-state index contributed by atoms with van der Waals surface area (Å²) < 4.78 is 11.2. The highest BCUT2D eigenvalue weighted by molar-refractivity contribution is 5.82. The van der Waals surface area contributed by atoms with E-state index in [-0.39, 0.29) is 0 Å². The third-order valence-electron chi connectivity index (χ3n) is 10.8. The first kappa shape index (κ1) is 41.2. The Balaban J connectivity index is 1.01. The molecular weight excluding hydrogens is 757 g/mol. The number of ether oxygens (including phenoxy) is 2. The number of benzene rings is 8. The zero-order valence-electron chi connectivity index (χ0n) is 35.9. The van der Waals surface area contributed by atoms with E-state index in [0.29, 0.717) is 13.2 Å². The fourth-order valence-electron chi connectivity index (χ4n) is 7.43. The van der Waals surface area contributed by atoms with Gasteiger partial charge in [0.05, 0.1) is 13.2 Å². The average Bonchev–Trinajstić information content (AvgIpc) is 3.31. The topological polar surface area (TPSA) is 24.9 Å². The molecule has 0 aliphatic rings. The molecule has 62 heavy (non-hydrogen) atoms. The number of aryl methyl sites for hydroxylation is 2. The Morgan fingerprint density at radius 2 is 0.532 bits per heavy atom. The van der Waals surface area contributed by atoms with Gasteiger partial charge < -0.3 is 19.3 Å². The van der Waals surface area contributed by atoms with Crippen molar-refractivity contribution in [2.75, 3.05) is 23.0 Å². The molecule has 8 aromatic carbocycles. The molecule has 0 aliphatic heterocycles. The third kappa shape index (κ3) is 10.2. The first-order valence-corrected chi connectivity index (χ1v) is 21.4. The summed E-state index contributed by atoms with van der Waals surface area (Å²) >= 11 is 0. The average molecular weight is 809 g/mol. The Kier molecular flexibility index (Phi) is 13.1. The van der Waals surface area contributed by atoms with Crippen molar-refractivity contribution in [2.45, 2.75) is 27.7 Å². The molecular formula is C58H52N2O2. The van der Waals surface area contributed by atoms with E-state index in [4.69, 9.17) is 9.47 Å². The molecule has 0 atom stereocenters. The second-order valence-corrected chi connectivity index (χ2v) is 15.3. The highest BCUT2D eigenvalue weighted by atomic mass is 16.5. The van der Waals surface area contributed by atoms with Gasteiger partial charge in [-0.25, -0.2) is 0 Å². The van der Waals surface area contributed by atoms with Crippen molar-refractivity contribution in [1.82, 2.24) is 0 Å². The summed E-state index contributed by atoms with van der Waals surface area (Å²) in [4.78, 5) is 4.62. The van der Waals surface area contributed by atoms with Crippen LogP contribution in [0.2, 0.25) is 0 Å². The molecule has 0 N–H and O–H groups in total. The van der Waals surface area contributed by atoms with Crippen molar-refractivity contribution in [1.29, 1.82) is 0 Å². The summed E-state index contributed by atoms with van der Waals surface area (Å²) in [5.41, 5.74) is 15.9. The van der Waals surface area contributed by atoms with Gasteiger partial charge in [-0.2, -0.15) is 0 Å². The van der Waals surface area contributed by atoms with Crippen molar-refractivity contribution < 1.29 is 9.47 Å². The van der Waals surface area contributed by atoms with Crippen LogP contribution < -0.4 is 19.3 Å².